The Kier molecular flexibility index (Phi) is 7.41. The Morgan fingerprint density at radius 2 is 1.71 bits per heavy atom. The van der Waals surface area contributed by atoms with Crippen LogP contribution in [0.3, 0.4) is 0 Å². The number of benzene rings is 1. The van der Waals surface area contributed by atoms with Crippen molar-refractivity contribution in [2.24, 2.45) is 17.8 Å². The van der Waals surface area contributed by atoms with Crippen LogP contribution in [0.1, 0.15) is 49.9 Å². The zero-order valence-corrected chi connectivity index (χ0v) is 18.6. The Labute approximate surface area is 183 Å². The molecule has 0 aromatic heterocycles. The summed E-state index contributed by atoms with van der Waals surface area (Å²) in [6.07, 6.45) is 4.07. The molecule has 2 aliphatic rings. The molecule has 0 radical (unpaired) electrons. The lowest BCUT2D eigenvalue weighted by Crippen LogP contribution is -2.45. The van der Waals surface area contributed by atoms with Crippen LogP contribution in [-0.2, 0) is 14.3 Å². The molecule has 3 rings (SSSR count). The summed E-state index contributed by atoms with van der Waals surface area (Å²) in [5.74, 6) is 1.46. The Bertz CT molecular complexity index is 804. The third-order valence-electron chi connectivity index (χ3n) is 6.49. The molecule has 0 heterocycles. The van der Waals surface area contributed by atoms with E-state index in [4.69, 9.17) is 14.2 Å². The molecule has 0 saturated heterocycles. The largest absolute Gasteiger partial charge is 0.497 e. The van der Waals surface area contributed by atoms with Crippen LogP contribution < -0.4 is 20.1 Å². The van der Waals surface area contributed by atoms with Crippen LogP contribution in [0.4, 0.5) is 0 Å². The van der Waals surface area contributed by atoms with Crippen LogP contribution in [0, 0.1) is 17.8 Å². The molecular weight excluding hydrogens is 400 g/mol. The Hall–Kier alpha value is -2.77. The number of amides is 2. The van der Waals surface area contributed by atoms with Crippen LogP contribution in [0.5, 0.6) is 11.5 Å². The standard InChI is InChI=1S/C23H32N2O6/c1-13(20-8-15-5-6-16(20)7-15)25-22(27)14(2)31-21(26)12-24-23(28)17-9-18(29-3)11-19(10-17)30-4/h9-11,13-16,20H,5-8,12H2,1-4H3,(H,24,28)(H,25,27). The smallest absolute Gasteiger partial charge is 0.326 e. The van der Waals surface area contributed by atoms with Gasteiger partial charge in [0.15, 0.2) is 6.10 Å². The van der Waals surface area contributed by atoms with Crippen molar-refractivity contribution in [2.75, 3.05) is 20.8 Å². The Morgan fingerprint density at radius 1 is 1.03 bits per heavy atom. The van der Waals surface area contributed by atoms with Crippen molar-refractivity contribution in [1.82, 2.24) is 10.6 Å². The average molecular weight is 433 g/mol. The van der Waals surface area contributed by atoms with E-state index in [1.807, 2.05) is 6.92 Å². The first-order valence-corrected chi connectivity index (χ1v) is 10.8. The first-order valence-electron chi connectivity index (χ1n) is 10.8. The number of fused-ring (bicyclic) bond motifs is 2. The van der Waals surface area contributed by atoms with E-state index in [9.17, 15) is 14.4 Å². The van der Waals surface area contributed by atoms with E-state index in [0.717, 1.165) is 5.92 Å². The van der Waals surface area contributed by atoms with Crippen LogP contribution in [-0.4, -0.2) is 50.7 Å². The van der Waals surface area contributed by atoms with E-state index in [0.29, 0.717) is 23.3 Å². The maximum Gasteiger partial charge on any atom is 0.326 e. The number of hydrogen-bond acceptors (Lipinski definition) is 6. The second-order valence-electron chi connectivity index (χ2n) is 8.55. The third kappa shape index (κ3) is 5.68. The first-order chi connectivity index (χ1) is 14.8. The molecular formula is C23H32N2O6. The van der Waals surface area contributed by atoms with Gasteiger partial charge in [0, 0.05) is 17.7 Å². The quantitative estimate of drug-likeness (QED) is 0.581. The number of rotatable bonds is 9. The van der Waals surface area contributed by atoms with Gasteiger partial charge in [-0.15, -0.1) is 0 Å². The minimum Gasteiger partial charge on any atom is -0.497 e. The van der Waals surface area contributed by atoms with Crippen LogP contribution in [0.2, 0.25) is 0 Å². The van der Waals surface area contributed by atoms with Crippen LogP contribution in [0.15, 0.2) is 18.2 Å². The summed E-state index contributed by atoms with van der Waals surface area (Å²) in [5.41, 5.74) is 0.287. The van der Waals surface area contributed by atoms with Crippen LogP contribution >= 0.6 is 0 Å². The SMILES string of the molecule is COc1cc(OC)cc(C(=O)NCC(=O)OC(C)C(=O)NC(C)C2CC3CCC2C3)c1. The number of esters is 1. The zero-order chi connectivity index (χ0) is 22.5. The monoisotopic (exact) mass is 432 g/mol. The van der Waals surface area contributed by atoms with Gasteiger partial charge in [-0.3, -0.25) is 14.4 Å². The van der Waals surface area contributed by atoms with Gasteiger partial charge in [-0.2, -0.15) is 0 Å². The van der Waals surface area contributed by atoms with Crippen LogP contribution in [0.25, 0.3) is 0 Å². The number of nitrogens with one attached hydrogen (secondary N) is 2. The van der Waals surface area contributed by atoms with Crippen molar-refractivity contribution in [1.29, 1.82) is 0 Å². The predicted octanol–water partition coefficient (Wildman–Crippen LogP) is 2.31. The lowest BCUT2D eigenvalue weighted by molar-refractivity contribution is -0.154. The Balaban J connectivity index is 1.44. The van der Waals surface area contributed by atoms with Gasteiger partial charge in [0.1, 0.15) is 18.0 Å². The first kappa shape index (κ1) is 22.9. The van der Waals surface area contributed by atoms with Crippen molar-refractivity contribution >= 4 is 17.8 Å². The molecule has 8 heteroatoms. The zero-order valence-electron chi connectivity index (χ0n) is 18.6. The molecule has 2 bridgehead atoms. The minimum atomic E-state index is -0.928. The van der Waals surface area contributed by atoms with Gasteiger partial charge in [-0.25, -0.2) is 0 Å². The number of hydrogen-bond donors (Lipinski definition) is 2. The van der Waals surface area contributed by atoms with E-state index in [-0.39, 0.29) is 24.1 Å². The van der Waals surface area contributed by atoms with Gasteiger partial charge in [-0.05, 0) is 63.0 Å². The third-order valence-corrected chi connectivity index (χ3v) is 6.49. The van der Waals surface area contributed by atoms with Crippen molar-refractivity contribution < 1.29 is 28.6 Å². The summed E-state index contributed by atoms with van der Waals surface area (Å²) in [6.45, 7) is 3.22. The summed E-state index contributed by atoms with van der Waals surface area (Å²) in [4.78, 5) is 36.9. The summed E-state index contributed by atoms with van der Waals surface area (Å²) in [6, 6.07) is 4.78. The van der Waals surface area contributed by atoms with E-state index in [1.54, 1.807) is 6.07 Å². The van der Waals surface area contributed by atoms with Gasteiger partial charge in [0.2, 0.25) is 0 Å². The highest BCUT2D eigenvalue weighted by Gasteiger charge is 2.42. The van der Waals surface area contributed by atoms with Crippen molar-refractivity contribution in [3.05, 3.63) is 23.8 Å². The van der Waals surface area contributed by atoms with Gasteiger partial charge >= 0.3 is 5.97 Å². The molecule has 0 spiro atoms. The highest BCUT2D eigenvalue weighted by atomic mass is 16.5. The molecule has 2 N–H and O–H groups in total. The molecule has 2 fully saturated rings. The van der Waals surface area contributed by atoms with E-state index in [1.165, 1.54) is 59.0 Å². The Morgan fingerprint density at radius 3 is 2.26 bits per heavy atom. The second-order valence-corrected chi connectivity index (χ2v) is 8.55. The summed E-state index contributed by atoms with van der Waals surface area (Å²) >= 11 is 0. The van der Waals surface area contributed by atoms with Gasteiger partial charge < -0.3 is 24.8 Å². The highest BCUT2D eigenvalue weighted by Crippen LogP contribution is 2.49. The lowest BCUT2D eigenvalue weighted by Gasteiger charge is -2.29. The minimum absolute atomic E-state index is 0.0618. The fourth-order valence-corrected chi connectivity index (χ4v) is 4.84. The normalized spacial score (nSPS) is 23.5. The molecule has 1 aromatic rings. The molecule has 1 aromatic carbocycles. The number of carbonyl (C=O) groups excluding carboxylic acids is 3. The molecule has 2 aliphatic carbocycles. The van der Waals surface area contributed by atoms with Crippen molar-refractivity contribution in [2.45, 2.75) is 51.7 Å². The fourth-order valence-electron chi connectivity index (χ4n) is 4.84. The number of carbonyl (C=O) groups is 3. The van der Waals surface area contributed by atoms with E-state index in [2.05, 4.69) is 10.6 Å². The summed E-state index contributed by atoms with van der Waals surface area (Å²) in [5, 5.41) is 5.49. The van der Waals surface area contributed by atoms with E-state index < -0.39 is 18.0 Å². The molecule has 2 saturated carbocycles. The maximum atomic E-state index is 12.4. The van der Waals surface area contributed by atoms with Gasteiger partial charge in [0.25, 0.3) is 11.8 Å². The molecule has 31 heavy (non-hydrogen) atoms. The lowest BCUT2D eigenvalue weighted by atomic mass is 9.84. The predicted molar refractivity (Wildman–Crippen MR) is 114 cm³/mol. The van der Waals surface area contributed by atoms with Gasteiger partial charge in [-0.1, -0.05) is 6.42 Å². The average Bonchev–Trinajstić information content (AvgIpc) is 3.40. The summed E-state index contributed by atoms with van der Waals surface area (Å²) < 4.78 is 15.5. The topological polar surface area (TPSA) is 103 Å². The molecule has 2 amide bonds. The number of methoxy groups -OCH3 is 2. The van der Waals surface area contributed by atoms with Gasteiger partial charge in [0.05, 0.1) is 14.2 Å². The maximum absolute atomic E-state index is 12.4. The van der Waals surface area contributed by atoms with E-state index >= 15 is 0 Å². The molecule has 5 unspecified atom stereocenters. The molecule has 8 nitrogen and oxygen atoms in total. The van der Waals surface area contributed by atoms with Crippen molar-refractivity contribution in [3.8, 4) is 11.5 Å². The fraction of sp³-hybridized carbons (Fsp3) is 0.609. The molecule has 5 atom stereocenters. The number of ether oxygens (including phenoxy) is 3. The highest BCUT2D eigenvalue weighted by molar-refractivity contribution is 5.97. The second kappa shape index (κ2) is 10.0. The molecule has 170 valence electrons. The molecule has 0 aliphatic heterocycles. The van der Waals surface area contributed by atoms with Crippen molar-refractivity contribution in [3.63, 3.8) is 0 Å². The summed E-state index contributed by atoms with van der Waals surface area (Å²) in [7, 11) is 2.97.